The largest absolute Gasteiger partial charge is 0.394 e. The SMILES string of the molecule is CC(CCC[C@@H](C)[C@H]1CC[C@H]2[C@@H]3CC=C4C[C@@H](O)CC[C@]4(C)[C@H]3CC[C@]12C)C[C@H]1O[C@H](CO)[C@@H](O)[C@H](O)[C@@H]1O. The van der Waals surface area contributed by atoms with Crippen LogP contribution in [0.5, 0.6) is 0 Å². The van der Waals surface area contributed by atoms with Gasteiger partial charge in [-0.2, -0.15) is 0 Å². The monoisotopic (exact) mass is 548 g/mol. The molecular formula is C33H56O6. The molecule has 0 radical (unpaired) electrons. The first kappa shape index (κ1) is 30.0. The van der Waals surface area contributed by atoms with Gasteiger partial charge in [0.15, 0.2) is 0 Å². The molecule has 5 N–H and O–H groups in total. The lowest BCUT2D eigenvalue weighted by molar-refractivity contribution is -0.232. The fourth-order valence-corrected chi connectivity index (χ4v) is 10.5. The molecule has 3 saturated carbocycles. The Labute approximate surface area is 236 Å². The molecule has 1 aliphatic heterocycles. The summed E-state index contributed by atoms with van der Waals surface area (Å²) in [6.07, 6.45) is 11.1. The van der Waals surface area contributed by atoms with E-state index in [0.29, 0.717) is 29.1 Å². The van der Waals surface area contributed by atoms with E-state index in [4.69, 9.17) is 4.74 Å². The maximum absolute atomic E-state index is 10.4. The van der Waals surface area contributed by atoms with Crippen LogP contribution in [0.4, 0.5) is 0 Å². The van der Waals surface area contributed by atoms with Gasteiger partial charge in [0, 0.05) is 0 Å². The van der Waals surface area contributed by atoms with Gasteiger partial charge in [0.2, 0.25) is 0 Å². The van der Waals surface area contributed by atoms with Gasteiger partial charge in [0.25, 0.3) is 0 Å². The van der Waals surface area contributed by atoms with Crippen LogP contribution in [-0.4, -0.2) is 68.8 Å². The molecule has 0 bridgehead atoms. The summed E-state index contributed by atoms with van der Waals surface area (Å²) in [4.78, 5) is 0. The Morgan fingerprint density at radius 2 is 1.64 bits per heavy atom. The molecule has 1 saturated heterocycles. The maximum Gasteiger partial charge on any atom is 0.111 e. The van der Waals surface area contributed by atoms with Crippen LogP contribution < -0.4 is 0 Å². The number of ether oxygens (including phenoxy) is 1. The normalized spacial score (nSPS) is 49.4. The van der Waals surface area contributed by atoms with E-state index >= 15 is 0 Å². The van der Waals surface area contributed by atoms with Crippen molar-refractivity contribution in [2.24, 2.45) is 46.3 Å². The minimum absolute atomic E-state index is 0.133. The van der Waals surface area contributed by atoms with Gasteiger partial charge in [-0.25, -0.2) is 0 Å². The number of hydrogen-bond donors (Lipinski definition) is 5. The van der Waals surface area contributed by atoms with Crippen molar-refractivity contribution in [3.8, 4) is 0 Å². The first-order chi connectivity index (χ1) is 18.5. The second kappa shape index (κ2) is 11.6. The molecule has 0 aromatic rings. The summed E-state index contributed by atoms with van der Waals surface area (Å²) < 4.78 is 5.74. The molecule has 4 aliphatic carbocycles. The van der Waals surface area contributed by atoms with Crippen LogP contribution in [0.2, 0.25) is 0 Å². The van der Waals surface area contributed by atoms with E-state index in [0.717, 1.165) is 55.8 Å². The third-order valence-electron chi connectivity index (χ3n) is 12.8. The summed E-state index contributed by atoms with van der Waals surface area (Å²) in [5.74, 6) is 4.25. The number of fused-ring (bicyclic) bond motifs is 5. The number of aliphatic hydroxyl groups excluding tert-OH is 5. The van der Waals surface area contributed by atoms with Gasteiger partial charge in [-0.05, 0) is 104 Å². The van der Waals surface area contributed by atoms with Gasteiger partial charge < -0.3 is 30.3 Å². The molecule has 39 heavy (non-hydrogen) atoms. The van der Waals surface area contributed by atoms with Gasteiger partial charge in [-0.3, -0.25) is 0 Å². The Morgan fingerprint density at radius 3 is 2.38 bits per heavy atom. The molecule has 6 heteroatoms. The predicted octanol–water partition coefficient (Wildman–Crippen LogP) is 4.60. The van der Waals surface area contributed by atoms with E-state index in [1.54, 1.807) is 5.57 Å². The van der Waals surface area contributed by atoms with Crippen molar-refractivity contribution in [3.63, 3.8) is 0 Å². The number of hydrogen-bond acceptors (Lipinski definition) is 6. The van der Waals surface area contributed by atoms with Crippen LogP contribution >= 0.6 is 0 Å². The molecule has 0 spiro atoms. The van der Waals surface area contributed by atoms with Gasteiger partial charge in [-0.1, -0.05) is 58.6 Å². The molecule has 0 aromatic carbocycles. The van der Waals surface area contributed by atoms with Crippen LogP contribution in [0.15, 0.2) is 11.6 Å². The van der Waals surface area contributed by atoms with Crippen molar-refractivity contribution in [1.82, 2.24) is 0 Å². The first-order valence-electron chi connectivity index (χ1n) is 16.2. The fraction of sp³-hybridized carbons (Fsp3) is 0.939. The van der Waals surface area contributed by atoms with E-state index in [1.807, 2.05) is 0 Å². The smallest absolute Gasteiger partial charge is 0.111 e. The highest BCUT2D eigenvalue weighted by molar-refractivity contribution is 5.25. The van der Waals surface area contributed by atoms with Gasteiger partial charge in [0.1, 0.15) is 24.4 Å². The van der Waals surface area contributed by atoms with Gasteiger partial charge in [0.05, 0.1) is 18.8 Å². The molecule has 6 nitrogen and oxygen atoms in total. The fourth-order valence-electron chi connectivity index (χ4n) is 10.5. The highest BCUT2D eigenvalue weighted by atomic mass is 16.5. The number of rotatable bonds is 8. The maximum atomic E-state index is 10.4. The lowest BCUT2D eigenvalue weighted by atomic mass is 9.47. The van der Waals surface area contributed by atoms with Crippen LogP contribution in [0.1, 0.15) is 105 Å². The summed E-state index contributed by atoms with van der Waals surface area (Å²) in [6, 6.07) is 0. The van der Waals surface area contributed by atoms with Crippen LogP contribution in [0, 0.1) is 46.3 Å². The lowest BCUT2D eigenvalue weighted by Crippen LogP contribution is -2.58. The Bertz CT molecular complexity index is 874. The molecule has 224 valence electrons. The molecule has 5 aliphatic rings. The minimum Gasteiger partial charge on any atom is -0.394 e. The van der Waals surface area contributed by atoms with Gasteiger partial charge in [-0.15, -0.1) is 0 Å². The third kappa shape index (κ3) is 5.41. The van der Waals surface area contributed by atoms with Crippen molar-refractivity contribution in [1.29, 1.82) is 0 Å². The molecule has 0 amide bonds. The highest BCUT2D eigenvalue weighted by Crippen LogP contribution is 2.67. The summed E-state index contributed by atoms with van der Waals surface area (Å²) in [6.45, 7) is 9.43. The number of allylic oxidation sites excluding steroid dienone is 1. The van der Waals surface area contributed by atoms with Crippen molar-refractivity contribution in [3.05, 3.63) is 11.6 Å². The standard InChI is InChI=1S/C33H56O6/c1-19(16-27-29(36)31(38)30(37)28(18-34)39-27)6-5-7-20(2)24-10-11-25-23-9-8-21-17-22(35)12-14-32(21,3)26(23)13-15-33(24,25)4/h8,19-20,22-31,34-38H,5-7,9-18H2,1-4H3/t19?,20-,22+,23+,24-,25+,26+,27-,28-,29-,30-,31-,32+,33-/m1/s1. The molecular weight excluding hydrogens is 492 g/mol. The number of aliphatic hydroxyl groups is 5. The molecule has 1 unspecified atom stereocenters. The molecule has 4 fully saturated rings. The highest BCUT2D eigenvalue weighted by Gasteiger charge is 2.59. The predicted molar refractivity (Wildman–Crippen MR) is 152 cm³/mol. The van der Waals surface area contributed by atoms with Crippen molar-refractivity contribution in [2.45, 2.75) is 141 Å². The van der Waals surface area contributed by atoms with Gasteiger partial charge >= 0.3 is 0 Å². The van der Waals surface area contributed by atoms with Crippen LogP contribution in [0.25, 0.3) is 0 Å². The van der Waals surface area contributed by atoms with Crippen molar-refractivity contribution < 1.29 is 30.3 Å². The lowest BCUT2D eigenvalue weighted by Gasteiger charge is -2.58. The molecule has 5 rings (SSSR count). The van der Waals surface area contributed by atoms with E-state index in [-0.39, 0.29) is 12.7 Å². The van der Waals surface area contributed by atoms with Crippen molar-refractivity contribution in [2.75, 3.05) is 6.61 Å². The second-order valence-corrected chi connectivity index (χ2v) is 15.0. The zero-order chi connectivity index (χ0) is 28.1. The molecule has 1 heterocycles. The van der Waals surface area contributed by atoms with Crippen molar-refractivity contribution >= 4 is 0 Å². The third-order valence-corrected chi connectivity index (χ3v) is 12.8. The second-order valence-electron chi connectivity index (χ2n) is 15.0. The summed E-state index contributed by atoms with van der Waals surface area (Å²) in [7, 11) is 0. The van der Waals surface area contributed by atoms with E-state index in [9.17, 15) is 25.5 Å². The summed E-state index contributed by atoms with van der Waals surface area (Å²) in [5.41, 5.74) is 2.31. The summed E-state index contributed by atoms with van der Waals surface area (Å²) >= 11 is 0. The zero-order valence-corrected chi connectivity index (χ0v) is 24.8. The Hall–Kier alpha value is -0.500. The topological polar surface area (TPSA) is 110 Å². The Morgan fingerprint density at radius 1 is 0.897 bits per heavy atom. The minimum atomic E-state index is -1.28. The van der Waals surface area contributed by atoms with E-state index in [1.165, 1.54) is 38.5 Å². The average molecular weight is 549 g/mol. The van der Waals surface area contributed by atoms with E-state index < -0.39 is 30.5 Å². The Kier molecular flexibility index (Phi) is 8.95. The zero-order valence-electron chi connectivity index (χ0n) is 24.8. The quantitative estimate of drug-likeness (QED) is 0.284. The molecule has 14 atom stereocenters. The molecule has 0 aromatic heterocycles. The van der Waals surface area contributed by atoms with Crippen LogP contribution in [0.3, 0.4) is 0 Å². The van der Waals surface area contributed by atoms with Crippen LogP contribution in [-0.2, 0) is 4.74 Å². The average Bonchev–Trinajstić information content (AvgIpc) is 3.26. The first-order valence-corrected chi connectivity index (χ1v) is 16.2. The van der Waals surface area contributed by atoms with E-state index in [2.05, 4.69) is 33.8 Å². The Balaban J connectivity index is 1.14. The summed E-state index contributed by atoms with van der Waals surface area (Å²) in [5, 5.41) is 50.4.